The first kappa shape index (κ1) is 9.38. The van der Waals surface area contributed by atoms with Crippen LogP contribution in [0, 0.1) is 0 Å². The van der Waals surface area contributed by atoms with Crippen molar-refractivity contribution in [3.63, 3.8) is 0 Å². The highest BCUT2D eigenvalue weighted by atomic mass is 32.2. The summed E-state index contributed by atoms with van der Waals surface area (Å²) in [6.07, 6.45) is -1.35. The van der Waals surface area contributed by atoms with Gasteiger partial charge in [0.2, 0.25) is 5.78 Å². The van der Waals surface area contributed by atoms with Crippen LogP contribution >= 0.6 is 10.9 Å². The molecular formula is C7H7F3OS. The summed E-state index contributed by atoms with van der Waals surface area (Å²) >= 11 is 0. The van der Waals surface area contributed by atoms with Crippen molar-refractivity contribution in [1.29, 1.82) is 0 Å². The molecule has 0 aromatic heterocycles. The number of carbonyl (C=O) groups excluding carboxylic acids is 1. The molecule has 1 rings (SSSR count). The molecule has 0 bridgehead atoms. The highest BCUT2D eigenvalue weighted by Gasteiger charge is 2.38. The molecular weight excluding hydrogens is 189 g/mol. The van der Waals surface area contributed by atoms with E-state index in [0.29, 0.717) is 0 Å². The van der Waals surface area contributed by atoms with Crippen LogP contribution in [0.4, 0.5) is 13.2 Å². The lowest BCUT2D eigenvalue weighted by atomic mass is 10.4. The van der Waals surface area contributed by atoms with Gasteiger partial charge in [-0.2, -0.15) is 13.2 Å². The van der Waals surface area contributed by atoms with Crippen molar-refractivity contribution < 1.29 is 18.0 Å². The van der Waals surface area contributed by atoms with Gasteiger partial charge < -0.3 is 0 Å². The second-order valence-corrected chi connectivity index (χ2v) is 4.22. The molecule has 68 valence electrons. The third-order valence-corrected chi connectivity index (χ3v) is 3.07. The molecule has 1 nitrogen and oxygen atoms in total. The lowest BCUT2D eigenvalue weighted by Crippen LogP contribution is -2.25. The van der Waals surface area contributed by atoms with Gasteiger partial charge in [-0.3, -0.25) is 4.79 Å². The summed E-state index contributed by atoms with van der Waals surface area (Å²) in [7, 11) is -0.979. The Hall–Kier alpha value is -0.710. The fourth-order valence-corrected chi connectivity index (χ4v) is 2.19. The lowest BCUT2D eigenvalue weighted by Gasteiger charge is -2.10. The Bertz CT molecular complexity index is 230. The minimum absolute atomic E-state index is 0.411. The molecule has 1 heterocycles. The van der Waals surface area contributed by atoms with Crippen molar-refractivity contribution in [3.8, 4) is 0 Å². The number of hydrogen-bond donors (Lipinski definition) is 1. The number of rotatable bonds is 2. The van der Waals surface area contributed by atoms with Crippen LogP contribution < -0.4 is 0 Å². The van der Waals surface area contributed by atoms with Crippen molar-refractivity contribution in [1.82, 2.24) is 0 Å². The van der Waals surface area contributed by atoms with Crippen LogP contribution in [-0.2, 0) is 4.79 Å². The molecule has 0 saturated heterocycles. The molecule has 0 fully saturated rings. The Morgan fingerprint density at radius 2 is 1.75 bits per heavy atom. The molecule has 0 radical (unpaired) electrons. The predicted octanol–water partition coefficient (Wildman–Crippen LogP) is 2.16. The average molecular weight is 196 g/mol. The molecule has 12 heavy (non-hydrogen) atoms. The zero-order chi connectivity index (χ0) is 9.19. The molecule has 0 saturated carbocycles. The predicted molar refractivity (Wildman–Crippen MR) is 43.2 cm³/mol. The second kappa shape index (κ2) is 3.35. The van der Waals surface area contributed by atoms with Crippen LogP contribution in [0.1, 0.15) is 0 Å². The summed E-state index contributed by atoms with van der Waals surface area (Å²) in [5, 5.41) is 3.28. The van der Waals surface area contributed by atoms with Gasteiger partial charge in [0.25, 0.3) is 0 Å². The van der Waals surface area contributed by atoms with Gasteiger partial charge in [0.15, 0.2) is 0 Å². The number of allylic oxidation sites excluding steroid dienone is 2. The highest BCUT2D eigenvalue weighted by Crippen LogP contribution is 2.34. The third-order valence-electron chi connectivity index (χ3n) is 1.31. The second-order valence-electron chi connectivity index (χ2n) is 2.28. The Labute approximate surface area is 70.3 Å². The highest BCUT2D eigenvalue weighted by molar-refractivity contribution is 8.22. The zero-order valence-electron chi connectivity index (χ0n) is 6.01. The van der Waals surface area contributed by atoms with E-state index in [-0.39, 0.29) is 0 Å². The minimum Gasteiger partial charge on any atom is -0.289 e. The van der Waals surface area contributed by atoms with Crippen molar-refractivity contribution in [2.75, 3.05) is 5.75 Å². The van der Waals surface area contributed by atoms with Crippen molar-refractivity contribution in [2.24, 2.45) is 0 Å². The number of hydrogen-bond acceptors (Lipinski definition) is 1. The van der Waals surface area contributed by atoms with E-state index in [0.717, 1.165) is 0 Å². The monoisotopic (exact) mass is 196 g/mol. The summed E-state index contributed by atoms with van der Waals surface area (Å²) in [6, 6.07) is 0. The molecule has 5 heteroatoms. The normalized spacial score (nSPS) is 18.8. The number of Topliss-reactive ketones (excluding diaryl/α,β-unsaturated/α-hetero) is 1. The van der Waals surface area contributed by atoms with Crippen LogP contribution in [0.5, 0.6) is 0 Å². The summed E-state index contributed by atoms with van der Waals surface area (Å²) in [4.78, 5) is 10.4. The average Bonchev–Trinajstić information content (AvgIpc) is 2.37. The Kier molecular flexibility index (Phi) is 2.62. The van der Waals surface area contributed by atoms with Gasteiger partial charge in [-0.1, -0.05) is 12.2 Å². The summed E-state index contributed by atoms with van der Waals surface area (Å²) in [5.41, 5.74) is 0. The van der Waals surface area contributed by atoms with Gasteiger partial charge in [0.1, 0.15) is 0 Å². The SMILES string of the molecule is O=C(C[SH]1C=CC=C1)C(F)(F)F. The van der Waals surface area contributed by atoms with Crippen molar-refractivity contribution in [2.45, 2.75) is 6.18 Å². The summed E-state index contributed by atoms with van der Waals surface area (Å²) < 4.78 is 35.1. The molecule has 0 aromatic rings. The molecule has 0 atom stereocenters. The number of thiol groups is 1. The molecule has 0 aliphatic carbocycles. The molecule has 0 N–H and O–H groups in total. The first-order chi connectivity index (χ1) is 5.50. The van der Waals surface area contributed by atoms with Crippen molar-refractivity contribution >= 4 is 16.7 Å². The molecule has 0 aromatic carbocycles. The van der Waals surface area contributed by atoms with E-state index < -0.39 is 28.6 Å². The van der Waals surface area contributed by atoms with E-state index in [1.807, 2.05) is 0 Å². The fraction of sp³-hybridized carbons (Fsp3) is 0.286. The molecule has 1 aliphatic rings. The van der Waals surface area contributed by atoms with Gasteiger partial charge >= 0.3 is 6.18 Å². The van der Waals surface area contributed by atoms with Crippen LogP contribution in [-0.4, -0.2) is 17.7 Å². The minimum atomic E-state index is -4.67. The lowest BCUT2D eigenvalue weighted by molar-refractivity contribution is -0.167. The quantitative estimate of drug-likeness (QED) is 0.670. The van der Waals surface area contributed by atoms with Crippen LogP contribution in [0.25, 0.3) is 0 Å². The summed E-state index contributed by atoms with van der Waals surface area (Å²) in [5.74, 6) is -2.05. The van der Waals surface area contributed by atoms with Crippen LogP contribution in [0.15, 0.2) is 23.0 Å². The number of alkyl halides is 3. The van der Waals surface area contributed by atoms with E-state index in [4.69, 9.17) is 0 Å². The third kappa shape index (κ3) is 2.41. The number of halogens is 3. The smallest absolute Gasteiger partial charge is 0.289 e. The van der Waals surface area contributed by atoms with E-state index in [1.165, 1.54) is 0 Å². The van der Waals surface area contributed by atoms with E-state index >= 15 is 0 Å². The molecule has 0 amide bonds. The van der Waals surface area contributed by atoms with Gasteiger partial charge in [0, 0.05) is 0 Å². The number of carbonyl (C=O) groups is 1. The van der Waals surface area contributed by atoms with E-state index in [2.05, 4.69) is 0 Å². The molecule has 0 unspecified atom stereocenters. The maximum atomic E-state index is 11.7. The van der Waals surface area contributed by atoms with Gasteiger partial charge in [-0.25, -0.2) is 10.9 Å². The van der Waals surface area contributed by atoms with E-state index in [1.54, 1.807) is 23.0 Å². The molecule has 0 spiro atoms. The Morgan fingerprint density at radius 1 is 1.25 bits per heavy atom. The topological polar surface area (TPSA) is 17.1 Å². The largest absolute Gasteiger partial charge is 0.450 e. The Morgan fingerprint density at radius 3 is 2.17 bits per heavy atom. The van der Waals surface area contributed by atoms with Crippen LogP contribution in [0.3, 0.4) is 0 Å². The fourth-order valence-electron chi connectivity index (χ4n) is 0.731. The first-order valence-corrected chi connectivity index (χ1v) is 4.87. The molecule has 1 aliphatic heterocycles. The van der Waals surface area contributed by atoms with Crippen molar-refractivity contribution in [3.05, 3.63) is 23.0 Å². The maximum absolute atomic E-state index is 11.7. The summed E-state index contributed by atoms with van der Waals surface area (Å²) in [6.45, 7) is 0. The Balaban J connectivity index is 2.47. The number of ketones is 1. The van der Waals surface area contributed by atoms with Gasteiger partial charge in [0.05, 0.1) is 5.75 Å². The van der Waals surface area contributed by atoms with Gasteiger partial charge in [-0.15, -0.1) is 0 Å². The zero-order valence-corrected chi connectivity index (χ0v) is 6.90. The maximum Gasteiger partial charge on any atom is 0.450 e. The van der Waals surface area contributed by atoms with E-state index in [9.17, 15) is 18.0 Å². The van der Waals surface area contributed by atoms with Gasteiger partial charge in [-0.05, 0) is 10.8 Å². The standard InChI is InChI=1S/C7H7F3OS/c8-7(9,10)6(11)5-12-3-1-2-4-12/h1-4,12H,5H2. The van der Waals surface area contributed by atoms with Crippen LogP contribution in [0.2, 0.25) is 0 Å². The first-order valence-electron chi connectivity index (χ1n) is 3.21.